The largest absolute Gasteiger partial charge is 0.454 e. The molecule has 0 aromatic heterocycles. The molecule has 3 atom stereocenters. The first kappa shape index (κ1) is 22.8. The van der Waals surface area contributed by atoms with Crippen molar-refractivity contribution in [2.45, 2.75) is 50.6 Å². The molecule has 0 unspecified atom stereocenters. The van der Waals surface area contributed by atoms with Crippen LogP contribution in [0.15, 0.2) is 42.5 Å². The lowest BCUT2D eigenvalue weighted by Gasteiger charge is -2.57. The summed E-state index contributed by atoms with van der Waals surface area (Å²) in [5.74, 6) is 7.94. The second-order valence-corrected chi connectivity index (χ2v) is 9.28. The molecule has 3 aliphatic heterocycles. The highest BCUT2D eigenvalue weighted by Gasteiger charge is 2.49. The van der Waals surface area contributed by atoms with E-state index in [9.17, 15) is 9.90 Å². The van der Waals surface area contributed by atoms with Crippen molar-refractivity contribution in [3.8, 4) is 23.3 Å². The number of aliphatic hydroxyl groups is 1. The molecule has 6 heteroatoms. The second-order valence-electron chi connectivity index (χ2n) is 9.28. The van der Waals surface area contributed by atoms with Crippen LogP contribution in [-0.2, 0) is 0 Å². The van der Waals surface area contributed by atoms with Gasteiger partial charge in [0.2, 0.25) is 6.79 Å². The summed E-state index contributed by atoms with van der Waals surface area (Å²) in [6.45, 7) is 4.78. The lowest BCUT2D eigenvalue weighted by Crippen LogP contribution is -2.67. The van der Waals surface area contributed by atoms with Crippen molar-refractivity contribution in [3.63, 3.8) is 0 Å². The summed E-state index contributed by atoms with van der Waals surface area (Å²) in [6.07, 6.45) is 3.93. The summed E-state index contributed by atoms with van der Waals surface area (Å²) in [6, 6.07) is 14.1. The zero-order valence-corrected chi connectivity index (χ0v) is 19.7. The normalized spacial score (nSPS) is 23.7. The van der Waals surface area contributed by atoms with E-state index in [1.807, 2.05) is 17.0 Å². The van der Waals surface area contributed by atoms with Crippen LogP contribution in [0.3, 0.4) is 0 Å². The Hall–Kier alpha value is -3.01. The van der Waals surface area contributed by atoms with E-state index in [-0.39, 0.29) is 37.3 Å². The van der Waals surface area contributed by atoms with Gasteiger partial charge in [-0.1, -0.05) is 30.9 Å². The standard InChI is InChI=1S/C28H32N2O4/c1-2-3-4-7-20-8-10-21(11-9-20)27-23-17-29(14-5-6-15-30(23)24(27)18-31)28(32)22-12-13-25-26(16-22)34-19-33-25/h8-13,16,23-24,27,31H,2-3,5-6,14-15,17-19H2,1H3/t23-,24-,27+/m0/s1. The van der Waals surface area contributed by atoms with E-state index in [1.54, 1.807) is 6.07 Å². The monoisotopic (exact) mass is 460 g/mol. The predicted octanol–water partition coefficient (Wildman–Crippen LogP) is 3.63. The second kappa shape index (κ2) is 10.1. The third-order valence-corrected chi connectivity index (χ3v) is 7.18. The summed E-state index contributed by atoms with van der Waals surface area (Å²) in [4.78, 5) is 17.8. The van der Waals surface area contributed by atoms with Crippen molar-refractivity contribution in [2.75, 3.05) is 33.0 Å². The Morgan fingerprint density at radius 3 is 2.68 bits per heavy atom. The molecule has 0 saturated carbocycles. The minimum Gasteiger partial charge on any atom is -0.454 e. The predicted molar refractivity (Wildman–Crippen MR) is 130 cm³/mol. The van der Waals surface area contributed by atoms with Gasteiger partial charge in [0.15, 0.2) is 11.5 Å². The van der Waals surface area contributed by atoms with Crippen molar-refractivity contribution in [1.29, 1.82) is 0 Å². The maximum Gasteiger partial charge on any atom is 0.254 e. The molecule has 178 valence electrons. The van der Waals surface area contributed by atoms with Gasteiger partial charge in [0.25, 0.3) is 5.91 Å². The summed E-state index contributed by atoms with van der Waals surface area (Å²) < 4.78 is 10.9. The molecule has 2 fully saturated rings. The zero-order chi connectivity index (χ0) is 23.5. The van der Waals surface area contributed by atoms with Gasteiger partial charge in [0.1, 0.15) is 0 Å². The van der Waals surface area contributed by atoms with E-state index < -0.39 is 0 Å². The summed E-state index contributed by atoms with van der Waals surface area (Å²) in [7, 11) is 0. The topological polar surface area (TPSA) is 62.2 Å². The van der Waals surface area contributed by atoms with E-state index in [1.165, 1.54) is 5.56 Å². The van der Waals surface area contributed by atoms with Crippen LogP contribution in [0.1, 0.15) is 60.0 Å². The van der Waals surface area contributed by atoms with E-state index >= 15 is 0 Å². The van der Waals surface area contributed by atoms with Gasteiger partial charge in [0.05, 0.1) is 6.61 Å². The van der Waals surface area contributed by atoms with E-state index in [0.29, 0.717) is 23.6 Å². The number of ether oxygens (including phenoxy) is 2. The van der Waals surface area contributed by atoms with Gasteiger partial charge < -0.3 is 19.5 Å². The molecule has 2 aromatic carbocycles. The van der Waals surface area contributed by atoms with E-state index in [4.69, 9.17) is 9.47 Å². The van der Waals surface area contributed by atoms with Gasteiger partial charge in [-0.25, -0.2) is 0 Å². The van der Waals surface area contributed by atoms with Crippen LogP contribution in [0.4, 0.5) is 0 Å². The Kier molecular flexibility index (Phi) is 6.75. The number of unbranched alkanes of at least 4 members (excludes halogenated alkanes) is 1. The fraction of sp³-hybridized carbons (Fsp3) is 0.464. The number of hydrogen-bond acceptors (Lipinski definition) is 5. The molecule has 3 aliphatic rings. The molecular weight excluding hydrogens is 428 g/mol. The number of hydrogen-bond donors (Lipinski definition) is 1. The summed E-state index contributed by atoms with van der Waals surface area (Å²) in [5.41, 5.74) is 2.85. The van der Waals surface area contributed by atoms with Gasteiger partial charge >= 0.3 is 0 Å². The molecule has 1 amide bonds. The van der Waals surface area contributed by atoms with E-state index in [0.717, 1.165) is 44.3 Å². The van der Waals surface area contributed by atoms with Crippen molar-refractivity contribution in [2.24, 2.45) is 0 Å². The van der Waals surface area contributed by atoms with Crippen LogP contribution >= 0.6 is 0 Å². The number of rotatable bonds is 4. The average molecular weight is 461 g/mol. The number of amides is 1. The molecule has 34 heavy (non-hydrogen) atoms. The molecule has 0 radical (unpaired) electrons. The summed E-state index contributed by atoms with van der Waals surface area (Å²) in [5, 5.41) is 10.2. The van der Waals surface area contributed by atoms with Crippen molar-refractivity contribution in [3.05, 3.63) is 59.2 Å². The van der Waals surface area contributed by atoms with Crippen molar-refractivity contribution in [1.82, 2.24) is 9.80 Å². The molecule has 0 bridgehead atoms. The lowest BCUT2D eigenvalue weighted by atomic mass is 9.74. The maximum absolute atomic E-state index is 13.5. The minimum absolute atomic E-state index is 0.0212. The molecule has 0 spiro atoms. The Bertz CT molecular complexity index is 1090. The first-order valence-corrected chi connectivity index (χ1v) is 12.3. The number of benzene rings is 2. The van der Waals surface area contributed by atoms with Crippen molar-refractivity contribution >= 4 is 5.91 Å². The molecule has 2 saturated heterocycles. The molecule has 5 rings (SSSR count). The van der Waals surface area contributed by atoms with Gasteiger partial charge in [-0.2, -0.15) is 0 Å². The highest BCUT2D eigenvalue weighted by molar-refractivity contribution is 5.95. The Morgan fingerprint density at radius 1 is 1.09 bits per heavy atom. The van der Waals surface area contributed by atoms with E-state index in [2.05, 4.69) is 47.9 Å². The fourth-order valence-corrected chi connectivity index (χ4v) is 5.42. The Morgan fingerprint density at radius 2 is 1.88 bits per heavy atom. The fourth-order valence-electron chi connectivity index (χ4n) is 5.42. The Labute approximate surface area is 201 Å². The Balaban J connectivity index is 1.35. The highest BCUT2D eigenvalue weighted by atomic mass is 16.7. The summed E-state index contributed by atoms with van der Waals surface area (Å²) >= 11 is 0. The number of fused-ring (bicyclic) bond motifs is 2. The first-order valence-electron chi connectivity index (χ1n) is 12.3. The van der Waals surface area contributed by atoms with Gasteiger partial charge in [0, 0.05) is 48.6 Å². The molecule has 2 aromatic rings. The molecule has 0 aliphatic carbocycles. The first-order chi connectivity index (χ1) is 16.7. The number of carbonyl (C=O) groups excluding carboxylic acids is 1. The average Bonchev–Trinajstić information content (AvgIpc) is 3.32. The molecule has 1 N–H and O–H groups in total. The van der Waals surface area contributed by atoms with Crippen molar-refractivity contribution < 1.29 is 19.4 Å². The lowest BCUT2D eigenvalue weighted by molar-refractivity contribution is -0.0606. The number of aliphatic hydroxyl groups excluding tert-OH is 1. The van der Waals surface area contributed by atoms with Gasteiger partial charge in [-0.3, -0.25) is 9.69 Å². The van der Waals surface area contributed by atoms with Crippen LogP contribution < -0.4 is 9.47 Å². The van der Waals surface area contributed by atoms with Crippen LogP contribution in [0, 0.1) is 11.8 Å². The van der Waals surface area contributed by atoms with Crippen LogP contribution in [0.2, 0.25) is 0 Å². The van der Waals surface area contributed by atoms with Crippen LogP contribution in [0.5, 0.6) is 11.5 Å². The molecule has 3 heterocycles. The smallest absolute Gasteiger partial charge is 0.254 e. The highest BCUT2D eigenvalue weighted by Crippen LogP contribution is 2.42. The maximum atomic E-state index is 13.5. The quantitative estimate of drug-likeness (QED) is 0.706. The van der Waals surface area contributed by atoms with Crippen LogP contribution in [-0.4, -0.2) is 65.9 Å². The third kappa shape index (κ3) is 4.38. The van der Waals surface area contributed by atoms with Gasteiger partial charge in [-0.15, -0.1) is 0 Å². The van der Waals surface area contributed by atoms with Gasteiger partial charge in [-0.05, 0) is 61.7 Å². The zero-order valence-electron chi connectivity index (χ0n) is 19.7. The minimum atomic E-state index is 0.0212. The third-order valence-electron chi connectivity index (χ3n) is 7.18. The SMILES string of the molecule is CCCC#Cc1ccc([C@H]2[C@H](CO)N3CCCCN(C(=O)c4ccc5c(c4)OCO5)C[C@@H]23)cc1. The number of carbonyl (C=O) groups is 1. The molecule has 6 nitrogen and oxygen atoms in total. The number of nitrogens with zero attached hydrogens (tertiary/aromatic N) is 2. The molecular formula is C28H32N2O4. The van der Waals surface area contributed by atoms with Crippen LogP contribution in [0.25, 0.3) is 0 Å².